The zero-order valence-corrected chi connectivity index (χ0v) is 7.16. The first kappa shape index (κ1) is 7.86. The molecule has 2 N–H and O–H groups in total. The van der Waals surface area contributed by atoms with Crippen molar-refractivity contribution in [3.63, 3.8) is 0 Å². The Kier molecular flexibility index (Phi) is 1.59. The number of phenols is 1. The number of H-pyrrole nitrogens is 1. The molecule has 0 radical (unpaired) electrons. The maximum absolute atomic E-state index is 11.2. The summed E-state index contributed by atoms with van der Waals surface area (Å²) in [5, 5.41) is 10.4. The van der Waals surface area contributed by atoms with E-state index in [0.717, 1.165) is 5.39 Å². The highest BCUT2D eigenvalue weighted by atomic mass is 16.3. The number of rotatable bonds is 1. The van der Waals surface area contributed by atoms with Crippen LogP contribution in [0, 0.1) is 0 Å². The molecule has 1 aromatic carbocycles. The van der Waals surface area contributed by atoms with Crippen LogP contribution in [0.4, 0.5) is 0 Å². The number of ketones is 1. The Morgan fingerprint density at radius 3 is 2.85 bits per heavy atom. The molecular formula is C10H9NO2. The molecule has 0 saturated carbocycles. The van der Waals surface area contributed by atoms with Crippen molar-refractivity contribution in [3.8, 4) is 5.75 Å². The lowest BCUT2D eigenvalue weighted by molar-refractivity contribution is 0.101. The minimum Gasteiger partial charge on any atom is -0.507 e. The van der Waals surface area contributed by atoms with Gasteiger partial charge in [-0.15, -0.1) is 0 Å². The van der Waals surface area contributed by atoms with E-state index >= 15 is 0 Å². The number of carbonyl (C=O) groups excluding carboxylic acids is 1. The molecule has 3 nitrogen and oxygen atoms in total. The van der Waals surface area contributed by atoms with Gasteiger partial charge < -0.3 is 10.1 Å². The maximum Gasteiger partial charge on any atom is 0.165 e. The Balaban J connectivity index is 2.88. The molecule has 0 unspecified atom stereocenters. The van der Waals surface area contributed by atoms with Crippen LogP contribution in [-0.2, 0) is 0 Å². The van der Waals surface area contributed by atoms with Gasteiger partial charge in [0.05, 0.1) is 11.1 Å². The second kappa shape index (κ2) is 2.62. The van der Waals surface area contributed by atoms with Gasteiger partial charge in [0.1, 0.15) is 5.75 Å². The molecular weight excluding hydrogens is 166 g/mol. The third-order valence-electron chi connectivity index (χ3n) is 2.06. The second-order valence-electron chi connectivity index (χ2n) is 2.96. The average molecular weight is 175 g/mol. The highest BCUT2D eigenvalue weighted by Gasteiger charge is 2.11. The van der Waals surface area contributed by atoms with E-state index in [4.69, 9.17) is 0 Å². The lowest BCUT2D eigenvalue weighted by Gasteiger charge is -2.01. The van der Waals surface area contributed by atoms with Crippen LogP contribution in [-0.4, -0.2) is 15.9 Å². The Bertz CT molecular complexity index is 471. The van der Waals surface area contributed by atoms with Crippen LogP contribution in [0.25, 0.3) is 10.9 Å². The van der Waals surface area contributed by atoms with Gasteiger partial charge in [-0.25, -0.2) is 0 Å². The molecule has 1 heterocycles. The quantitative estimate of drug-likeness (QED) is 0.652. The van der Waals surface area contributed by atoms with Crippen molar-refractivity contribution in [1.29, 1.82) is 0 Å². The summed E-state index contributed by atoms with van der Waals surface area (Å²) in [4.78, 5) is 14.1. The van der Waals surface area contributed by atoms with Crippen molar-refractivity contribution >= 4 is 16.7 Å². The number of benzene rings is 1. The summed E-state index contributed by atoms with van der Waals surface area (Å²) in [6.45, 7) is 1.44. The summed E-state index contributed by atoms with van der Waals surface area (Å²) >= 11 is 0. The number of Topliss-reactive ketones (excluding diaryl/α,β-unsaturated/α-hetero) is 1. The van der Waals surface area contributed by atoms with Crippen LogP contribution < -0.4 is 0 Å². The van der Waals surface area contributed by atoms with Crippen molar-refractivity contribution in [2.45, 2.75) is 6.92 Å². The molecule has 0 saturated heterocycles. The van der Waals surface area contributed by atoms with Gasteiger partial charge in [-0.1, -0.05) is 0 Å². The molecule has 2 rings (SSSR count). The van der Waals surface area contributed by atoms with E-state index in [9.17, 15) is 9.90 Å². The summed E-state index contributed by atoms with van der Waals surface area (Å²) in [5.41, 5.74) is 1.06. The standard InChI is InChI=1S/C10H9NO2/c1-6(12)9-8(13)3-2-7-4-5-11-10(7)9/h2-5,11,13H,1H3. The van der Waals surface area contributed by atoms with Gasteiger partial charge in [0.15, 0.2) is 5.78 Å². The second-order valence-corrected chi connectivity index (χ2v) is 2.96. The number of aromatic amines is 1. The number of hydrogen-bond acceptors (Lipinski definition) is 2. The van der Waals surface area contributed by atoms with Crippen LogP contribution in [0.1, 0.15) is 17.3 Å². The van der Waals surface area contributed by atoms with E-state index in [-0.39, 0.29) is 11.5 Å². The lowest BCUT2D eigenvalue weighted by atomic mass is 10.1. The third kappa shape index (κ3) is 1.09. The normalized spacial score (nSPS) is 10.5. The van der Waals surface area contributed by atoms with E-state index in [1.807, 2.05) is 6.07 Å². The van der Waals surface area contributed by atoms with Gasteiger partial charge in [0, 0.05) is 11.6 Å². The van der Waals surface area contributed by atoms with Gasteiger partial charge in [-0.3, -0.25) is 4.79 Å². The number of aromatic nitrogens is 1. The highest BCUT2D eigenvalue weighted by molar-refractivity contribution is 6.08. The fourth-order valence-electron chi connectivity index (χ4n) is 1.47. The first-order valence-corrected chi connectivity index (χ1v) is 4.00. The number of fused-ring (bicyclic) bond motifs is 1. The van der Waals surface area contributed by atoms with Crippen LogP contribution >= 0.6 is 0 Å². The fourth-order valence-corrected chi connectivity index (χ4v) is 1.47. The number of hydrogen-bond donors (Lipinski definition) is 2. The molecule has 0 spiro atoms. The smallest absolute Gasteiger partial charge is 0.165 e. The van der Waals surface area contributed by atoms with Crippen molar-refractivity contribution < 1.29 is 9.90 Å². The molecule has 2 aromatic rings. The summed E-state index contributed by atoms with van der Waals surface area (Å²) in [7, 11) is 0. The van der Waals surface area contributed by atoms with E-state index < -0.39 is 0 Å². The summed E-state index contributed by atoms with van der Waals surface area (Å²) < 4.78 is 0. The average Bonchev–Trinajstić information content (AvgIpc) is 2.50. The Morgan fingerprint density at radius 1 is 1.38 bits per heavy atom. The van der Waals surface area contributed by atoms with E-state index in [1.54, 1.807) is 12.3 Å². The fraction of sp³-hybridized carbons (Fsp3) is 0.100. The Hall–Kier alpha value is -1.77. The van der Waals surface area contributed by atoms with Crippen molar-refractivity contribution in [2.75, 3.05) is 0 Å². The van der Waals surface area contributed by atoms with E-state index in [1.165, 1.54) is 13.0 Å². The van der Waals surface area contributed by atoms with E-state index in [2.05, 4.69) is 4.98 Å². The largest absolute Gasteiger partial charge is 0.507 e. The topological polar surface area (TPSA) is 53.1 Å². The predicted octanol–water partition coefficient (Wildman–Crippen LogP) is 2.08. The number of aromatic hydroxyl groups is 1. The molecule has 0 atom stereocenters. The molecule has 1 aromatic heterocycles. The zero-order chi connectivity index (χ0) is 9.42. The molecule has 0 aliphatic heterocycles. The van der Waals surface area contributed by atoms with Crippen LogP contribution in [0.3, 0.4) is 0 Å². The molecule has 0 aliphatic rings. The minimum atomic E-state index is -0.134. The number of carbonyl (C=O) groups is 1. The van der Waals surface area contributed by atoms with Gasteiger partial charge in [-0.2, -0.15) is 0 Å². The van der Waals surface area contributed by atoms with Gasteiger partial charge in [0.25, 0.3) is 0 Å². The lowest BCUT2D eigenvalue weighted by Crippen LogP contribution is -1.93. The predicted molar refractivity (Wildman–Crippen MR) is 50.0 cm³/mol. The van der Waals surface area contributed by atoms with Crippen LogP contribution in [0.5, 0.6) is 5.75 Å². The first-order valence-electron chi connectivity index (χ1n) is 4.00. The Morgan fingerprint density at radius 2 is 2.15 bits per heavy atom. The molecule has 0 fully saturated rings. The summed E-state index contributed by atoms with van der Waals surface area (Å²) in [5.74, 6) is -0.104. The summed E-state index contributed by atoms with van der Waals surface area (Å²) in [6.07, 6.45) is 1.75. The van der Waals surface area contributed by atoms with Crippen molar-refractivity contribution in [2.24, 2.45) is 0 Å². The third-order valence-corrected chi connectivity index (χ3v) is 2.06. The molecule has 0 bridgehead atoms. The Labute approximate surface area is 75.0 Å². The molecule has 0 aliphatic carbocycles. The van der Waals surface area contributed by atoms with Crippen molar-refractivity contribution in [1.82, 2.24) is 4.98 Å². The number of nitrogens with one attached hydrogen (secondary N) is 1. The van der Waals surface area contributed by atoms with Crippen LogP contribution in [0.15, 0.2) is 24.4 Å². The monoisotopic (exact) mass is 175 g/mol. The van der Waals surface area contributed by atoms with Crippen LogP contribution in [0.2, 0.25) is 0 Å². The number of phenolic OH excluding ortho intramolecular Hbond substituents is 1. The van der Waals surface area contributed by atoms with E-state index in [0.29, 0.717) is 11.1 Å². The summed E-state index contributed by atoms with van der Waals surface area (Å²) in [6, 6.07) is 5.17. The first-order chi connectivity index (χ1) is 6.20. The van der Waals surface area contributed by atoms with Gasteiger partial charge >= 0.3 is 0 Å². The van der Waals surface area contributed by atoms with Gasteiger partial charge in [0.2, 0.25) is 0 Å². The van der Waals surface area contributed by atoms with Crippen molar-refractivity contribution in [3.05, 3.63) is 30.0 Å². The minimum absolute atomic E-state index is 0.0300. The zero-order valence-electron chi connectivity index (χ0n) is 7.16. The molecule has 13 heavy (non-hydrogen) atoms. The maximum atomic E-state index is 11.2. The SMILES string of the molecule is CC(=O)c1c(O)ccc2cc[nH]c12. The molecule has 66 valence electrons. The van der Waals surface area contributed by atoms with Gasteiger partial charge in [-0.05, 0) is 25.1 Å². The molecule has 0 amide bonds. The highest BCUT2D eigenvalue weighted by Crippen LogP contribution is 2.26. The molecule has 3 heteroatoms.